The van der Waals surface area contributed by atoms with E-state index in [1.807, 2.05) is 25.2 Å². The number of hydrogen-bond acceptors (Lipinski definition) is 3. The van der Waals surface area contributed by atoms with Crippen molar-refractivity contribution in [1.82, 2.24) is 5.32 Å². The van der Waals surface area contributed by atoms with Gasteiger partial charge in [0.2, 0.25) is 0 Å². The maximum Gasteiger partial charge on any atom is 0.123 e. The second-order valence-corrected chi connectivity index (χ2v) is 4.41. The minimum absolute atomic E-state index is 0.114. The van der Waals surface area contributed by atoms with Gasteiger partial charge in [-0.05, 0) is 24.2 Å². The molecule has 0 aromatic heterocycles. The first-order chi connectivity index (χ1) is 9.30. The number of benzene rings is 2. The van der Waals surface area contributed by atoms with Crippen molar-refractivity contribution in [2.45, 2.75) is 12.6 Å². The molecule has 0 saturated heterocycles. The number of para-hydroxylation sites is 1. The van der Waals surface area contributed by atoms with Gasteiger partial charge in [0, 0.05) is 12.1 Å². The lowest BCUT2D eigenvalue weighted by atomic mass is 9.97. The van der Waals surface area contributed by atoms with Gasteiger partial charge in [0.15, 0.2) is 0 Å². The van der Waals surface area contributed by atoms with Gasteiger partial charge in [0.1, 0.15) is 5.75 Å². The van der Waals surface area contributed by atoms with E-state index in [1.165, 1.54) is 5.56 Å². The lowest BCUT2D eigenvalue weighted by molar-refractivity contribution is 0.405. The number of hydrogen-bond donors (Lipinski definition) is 2. The zero-order valence-electron chi connectivity index (χ0n) is 11.4. The summed E-state index contributed by atoms with van der Waals surface area (Å²) in [5, 5.41) is 3.34. The Morgan fingerprint density at radius 3 is 2.37 bits per heavy atom. The number of nitrogens with two attached hydrogens (primary N) is 1. The molecule has 3 nitrogen and oxygen atoms in total. The van der Waals surface area contributed by atoms with E-state index in [0.717, 1.165) is 16.9 Å². The highest BCUT2D eigenvalue weighted by Crippen LogP contribution is 2.29. The van der Waals surface area contributed by atoms with Crippen LogP contribution in [0.5, 0.6) is 5.75 Å². The molecular formula is C16H20N2O. The van der Waals surface area contributed by atoms with Crippen molar-refractivity contribution in [3.63, 3.8) is 0 Å². The Morgan fingerprint density at radius 2 is 1.79 bits per heavy atom. The van der Waals surface area contributed by atoms with Crippen molar-refractivity contribution in [3.05, 3.63) is 65.2 Å². The number of rotatable bonds is 5. The number of nitrogens with one attached hydrogen (secondary N) is 1. The molecule has 0 spiro atoms. The second-order valence-electron chi connectivity index (χ2n) is 4.41. The third-order valence-electron chi connectivity index (χ3n) is 3.29. The van der Waals surface area contributed by atoms with Gasteiger partial charge in [-0.3, -0.25) is 0 Å². The van der Waals surface area contributed by atoms with Gasteiger partial charge in [-0.15, -0.1) is 0 Å². The van der Waals surface area contributed by atoms with E-state index in [2.05, 4.69) is 35.6 Å². The first kappa shape index (κ1) is 13.6. The Labute approximate surface area is 114 Å². The first-order valence-electron chi connectivity index (χ1n) is 6.39. The highest BCUT2D eigenvalue weighted by Gasteiger charge is 2.15. The van der Waals surface area contributed by atoms with Crippen LogP contribution in [-0.4, -0.2) is 14.2 Å². The molecular weight excluding hydrogens is 236 g/mol. The molecule has 0 aliphatic carbocycles. The molecule has 100 valence electrons. The van der Waals surface area contributed by atoms with Gasteiger partial charge in [-0.25, -0.2) is 0 Å². The van der Waals surface area contributed by atoms with Crippen LogP contribution in [0.25, 0.3) is 0 Å². The van der Waals surface area contributed by atoms with Crippen molar-refractivity contribution in [2.75, 3.05) is 14.2 Å². The lowest BCUT2D eigenvalue weighted by Crippen LogP contribution is -2.18. The van der Waals surface area contributed by atoms with Crippen LogP contribution >= 0.6 is 0 Å². The Kier molecular flexibility index (Phi) is 4.55. The van der Waals surface area contributed by atoms with Gasteiger partial charge in [0.25, 0.3) is 0 Å². The summed E-state index contributed by atoms with van der Waals surface area (Å²) >= 11 is 0. The van der Waals surface area contributed by atoms with E-state index in [0.29, 0.717) is 6.54 Å². The number of ether oxygens (including phenoxy) is 1. The van der Waals surface area contributed by atoms with E-state index < -0.39 is 0 Å². The fourth-order valence-electron chi connectivity index (χ4n) is 2.25. The van der Waals surface area contributed by atoms with Crippen molar-refractivity contribution in [3.8, 4) is 5.75 Å². The molecule has 0 heterocycles. The first-order valence-corrected chi connectivity index (χ1v) is 6.39. The molecule has 2 aromatic rings. The van der Waals surface area contributed by atoms with Crippen LogP contribution < -0.4 is 15.8 Å². The van der Waals surface area contributed by atoms with E-state index in [-0.39, 0.29) is 6.04 Å². The summed E-state index contributed by atoms with van der Waals surface area (Å²) in [7, 11) is 3.65. The molecule has 2 rings (SSSR count). The summed E-state index contributed by atoms with van der Waals surface area (Å²) in [6.45, 7) is 0.569. The predicted molar refractivity (Wildman–Crippen MR) is 78.2 cm³/mol. The maximum absolute atomic E-state index is 5.63. The Hall–Kier alpha value is -1.84. The Balaban J connectivity index is 2.37. The standard InChI is InChI=1S/C16H20N2O/c1-18-16(13-9-7-12(11-17)8-10-13)14-5-3-4-6-15(14)19-2/h3-10,16,18H,11,17H2,1-2H3. The summed E-state index contributed by atoms with van der Waals surface area (Å²) in [5.74, 6) is 0.893. The van der Waals surface area contributed by atoms with Gasteiger partial charge in [0.05, 0.1) is 13.2 Å². The SMILES string of the molecule is CNC(c1ccc(CN)cc1)c1ccccc1OC. The molecule has 0 fully saturated rings. The molecule has 0 saturated carbocycles. The van der Waals surface area contributed by atoms with Crippen molar-refractivity contribution >= 4 is 0 Å². The molecule has 0 amide bonds. The summed E-state index contributed by atoms with van der Waals surface area (Å²) < 4.78 is 5.43. The lowest BCUT2D eigenvalue weighted by Gasteiger charge is -2.20. The van der Waals surface area contributed by atoms with Crippen LogP contribution in [0.2, 0.25) is 0 Å². The summed E-state index contributed by atoms with van der Waals surface area (Å²) in [5.41, 5.74) is 9.10. The maximum atomic E-state index is 5.63. The number of methoxy groups -OCH3 is 1. The molecule has 0 aliphatic rings. The van der Waals surface area contributed by atoms with Crippen LogP contribution in [0.4, 0.5) is 0 Å². The van der Waals surface area contributed by atoms with Crippen LogP contribution in [0.15, 0.2) is 48.5 Å². The van der Waals surface area contributed by atoms with Crippen LogP contribution in [0, 0.1) is 0 Å². The molecule has 3 heteroatoms. The zero-order valence-corrected chi connectivity index (χ0v) is 11.4. The minimum atomic E-state index is 0.114. The molecule has 1 atom stereocenters. The Bertz CT molecular complexity index is 523. The van der Waals surface area contributed by atoms with Crippen LogP contribution in [0.3, 0.4) is 0 Å². The quantitative estimate of drug-likeness (QED) is 0.864. The molecule has 3 N–H and O–H groups in total. The monoisotopic (exact) mass is 256 g/mol. The second kappa shape index (κ2) is 6.36. The summed E-state index contributed by atoms with van der Waals surface area (Å²) in [6, 6.07) is 16.5. The molecule has 2 aromatic carbocycles. The highest BCUT2D eigenvalue weighted by molar-refractivity contribution is 5.42. The predicted octanol–water partition coefficient (Wildman–Crippen LogP) is 2.46. The fraction of sp³-hybridized carbons (Fsp3) is 0.250. The van der Waals surface area contributed by atoms with Crippen LogP contribution in [0.1, 0.15) is 22.7 Å². The van der Waals surface area contributed by atoms with E-state index in [9.17, 15) is 0 Å². The fourth-order valence-corrected chi connectivity index (χ4v) is 2.25. The van der Waals surface area contributed by atoms with Crippen molar-refractivity contribution < 1.29 is 4.74 Å². The molecule has 0 aliphatic heterocycles. The van der Waals surface area contributed by atoms with Crippen LogP contribution in [-0.2, 0) is 6.54 Å². The largest absolute Gasteiger partial charge is 0.496 e. The summed E-state index contributed by atoms with van der Waals surface area (Å²) in [4.78, 5) is 0. The van der Waals surface area contributed by atoms with Gasteiger partial charge in [-0.1, -0.05) is 42.5 Å². The Morgan fingerprint density at radius 1 is 1.11 bits per heavy atom. The van der Waals surface area contributed by atoms with Gasteiger partial charge >= 0.3 is 0 Å². The van der Waals surface area contributed by atoms with E-state index in [1.54, 1.807) is 7.11 Å². The van der Waals surface area contributed by atoms with Crippen molar-refractivity contribution in [2.24, 2.45) is 5.73 Å². The van der Waals surface area contributed by atoms with E-state index >= 15 is 0 Å². The summed E-state index contributed by atoms with van der Waals surface area (Å²) in [6.07, 6.45) is 0. The minimum Gasteiger partial charge on any atom is -0.496 e. The average Bonchev–Trinajstić information content (AvgIpc) is 2.49. The molecule has 0 radical (unpaired) electrons. The average molecular weight is 256 g/mol. The van der Waals surface area contributed by atoms with Crippen molar-refractivity contribution in [1.29, 1.82) is 0 Å². The van der Waals surface area contributed by atoms with Gasteiger partial charge < -0.3 is 15.8 Å². The molecule has 0 bridgehead atoms. The van der Waals surface area contributed by atoms with Gasteiger partial charge in [-0.2, -0.15) is 0 Å². The smallest absolute Gasteiger partial charge is 0.123 e. The highest BCUT2D eigenvalue weighted by atomic mass is 16.5. The molecule has 1 unspecified atom stereocenters. The van der Waals surface area contributed by atoms with E-state index in [4.69, 9.17) is 10.5 Å². The third kappa shape index (κ3) is 2.95. The molecule has 19 heavy (non-hydrogen) atoms. The third-order valence-corrected chi connectivity index (χ3v) is 3.29. The topological polar surface area (TPSA) is 47.3 Å². The normalized spacial score (nSPS) is 12.2. The zero-order chi connectivity index (χ0) is 13.7.